The molecule has 1 N–H and O–H groups in total. The number of nitrogens with one attached hydrogen (secondary N) is 1. The molecule has 5 rings (SSSR count). The molecule has 1 aliphatic carbocycles. The van der Waals surface area contributed by atoms with Crippen LogP contribution in [0, 0.1) is 5.92 Å². The Labute approximate surface area is 203 Å². The Kier molecular flexibility index (Phi) is 5.80. The van der Waals surface area contributed by atoms with E-state index in [9.17, 15) is 9.59 Å². The number of carbonyl (C=O) groups is 2. The summed E-state index contributed by atoms with van der Waals surface area (Å²) in [5, 5.41) is 5.30. The maximum absolute atomic E-state index is 14.0. The second-order valence-corrected chi connectivity index (χ2v) is 10.6. The van der Waals surface area contributed by atoms with Gasteiger partial charge in [0.1, 0.15) is 11.2 Å². The number of ether oxygens (including phenoxy) is 2. The molecule has 0 bridgehead atoms. The number of fused-ring (bicyclic) bond motifs is 3. The van der Waals surface area contributed by atoms with Crippen LogP contribution >= 0.6 is 11.3 Å². The number of carbonyl (C=O) groups excluding carboxylic acids is 2. The molecular formula is C26H31N3O4S. The van der Waals surface area contributed by atoms with Crippen LogP contribution in [0.15, 0.2) is 35.7 Å². The molecule has 1 fully saturated rings. The molecule has 8 heteroatoms. The van der Waals surface area contributed by atoms with Gasteiger partial charge in [0.25, 0.3) is 5.91 Å². The predicted octanol–water partition coefficient (Wildman–Crippen LogP) is 4.83. The zero-order valence-corrected chi connectivity index (χ0v) is 20.9. The van der Waals surface area contributed by atoms with Crippen molar-refractivity contribution in [2.75, 3.05) is 19.1 Å². The smallest absolute Gasteiger partial charge is 0.275 e. The average Bonchev–Trinajstić information content (AvgIpc) is 3.43. The number of nitrogens with zero attached hydrogens (tertiary/aromatic N) is 2. The van der Waals surface area contributed by atoms with Crippen LogP contribution in [0.2, 0.25) is 0 Å². The van der Waals surface area contributed by atoms with Crippen LogP contribution in [-0.4, -0.2) is 42.2 Å². The molecule has 1 aromatic carbocycles. The maximum Gasteiger partial charge on any atom is 0.275 e. The fourth-order valence-corrected chi connectivity index (χ4v) is 6.15. The lowest BCUT2D eigenvalue weighted by molar-refractivity contribution is -0.127. The summed E-state index contributed by atoms with van der Waals surface area (Å²) in [6.45, 7) is 4.50. The topological polar surface area (TPSA) is 72.8 Å². The van der Waals surface area contributed by atoms with Gasteiger partial charge in [0.2, 0.25) is 5.91 Å². The van der Waals surface area contributed by atoms with Gasteiger partial charge in [0.15, 0.2) is 11.5 Å². The second-order valence-electron chi connectivity index (χ2n) is 9.67. The van der Waals surface area contributed by atoms with Gasteiger partial charge in [0.05, 0.1) is 31.0 Å². The van der Waals surface area contributed by atoms with E-state index in [2.05, 4.69) is 12.2 Å². The summed E-state index contributed by atoms with van der Waals surface area (Å²) in [5.41, 5.74) is 1.08. The third kappa shape index (κ3) is 3.64. The summed E-state index contributed by atoms with van der Waals surface area (Å²) < 4.78 is 13.9. The average molecular weight is 482 g/mol. The minimum Gasteiger partial charge on any atom is -0.493 e. The summed E-state index contributed by atoms with van der Waals surface area (Å²) in [6, 6.07) is 9.43. The lowest BCUT2D eigenvalue weighted by Crippen LogP contribution is -2.65. The summed E-state index contributed by atoms with van der Waals surface area (Å²) >= 11 is 1.60. The first kappa shape index (κ1) is 22.8. The molecule has 2 amide bonds. The van der Waals surface area contributed by atoms with Gasteiger partial charge in [-0.25, -0.2) is 0 Å². The van der Waals surface area contributed by atoms with E-state index in [4.69, 9.17) is 9.47 Å². The number of anilines is 1. The first-order valence-electron chi connectivity index (χ1n) is 11.8. The summed E-state index contributed by atoms with van der Waals surface area (Å²) in [5.74, 6) is 1.45. The Morgan fingerprint density at radius 3 is 2.53 bits per heavy atom. The van der Waals surface area contributed by atoms with Crippen molar-refractivity contribution < 1.29 is 19.1 Å². The van der Waals surface area contributed by atoms with E-state index in [1.165, 1.54) is 0 Å². The van der Waals surface area contributed by atoms with E-state index in [0.29, 0.717) is 35.3 Å². The highest BCUT2D eigenvalue weighted by Gasteiger charge is 2.49. The van der Waals surface area contributed by atoms with Crippen LogP contribution < -0.4 is 19.7 Å². The van der Waals surface area contributed by atoms with Gasteiger partial charge < -0.3 is 19.4 Å². The van der Waals surface area contributed by atoms with Gasteiger partial charge in [0, 0.05) is 17.8 Å². The third-order valence-corrected chi connectivity index (χ3v) is 8.22. The van der Waals surface area contributed by atoms with Crippen molar-refractivity contribution in [2.24, 2.45) is 5.92 Å². The molecule has 2 aliphatic rings. The number of amides is 2. The largest absolute Gasteiger partial charge is 0.493 e. The number of aromatic nitrogens is 1. The quantitative estimate of drug-likeness (QED) is 0.566. The SMILES string of the molecule is COc1ccc(N2C(=O)c3cc4sccc4n3CC2(C)C(=O)NC2CCC(C)CC2)cc1OC. The lowest BCUT2D eigenvalue weighted by Gasteiger charge is -2.45. The molecule has 1 saturated carbocycles. The highest BCUT2D eigenvalue weighted by molar-refractivity contribution is 7.17. The lowest BCUT2D eigenvalue weighted by atomic mass is 9.86. The number of hydrogen-bond acceptors (Lipinski definition) is 5. The monoisotopic (exact) mass is 481 g/mol. The fourth-order valence-electron chi connectivity index (χ4n) is 5.33. The summed E-state index contributed by atoms with van der Waals surface area (Å²) in [7, 11) is 3.14. The first-order valence-corrected chi connectivity index (χ1v) is 12.7. The van der Waals surface area contributed by atoms with E-state index >= 15 is 0 Å². The highest BCUT2D eigenvalue weighted by Crippen LogP contribution is 2.40. The number of methoxy groups -OCH3 is 2. The molecule has 0 spiro atoms. The normalized spacial score (nSPS) is 24.7. The van der Waals surface area contributed by atoms with Gasteiger partial charge in [-0.3, -0.25) is 14.5 Å². The molecule has 3 aromatic rings. The van der Waals surface area contributed by atoms with E-state index in [-0.39, 0.29) is 17.9 Å². The van der Waals surface area contributed by atoms with Gasteiger partial charge >= 0.3 is 0 Å². The van der Waals surface area contributed by atoms with Gasteiger partial charge in [-0.1, -0.05) is 6.92 Å². The molecule has 34 heavy (non-hydrogen) atoms. The fraction of sp³-hybridized carbons (Fsp3) is 0.462. The van der Waals surface area contributed by atoms with Crippen molar-refractivity contribution in [3.05, 3.63) is 41.4 Å². The van der Waals surface area contributed by atoms with E-state index in [0.717, 1.165) is 35.9 Å². The van der Waals surface area contributed by atoms with Gasteiger partial charge in [-0.15, -0.1) is 11.3 Å². The van der Waals surface area contributed by atoms with Gasteiger partial charge in [-0.05, 0) is 68.2 Å². The molecule has 1 aliphatic heterocycles. The third-order valence-electron chi connectivity index (χ3n) is 7.37. The Morgan fingerprint density at radius 2 is 1.82 bits per heavy atom. The molecule has 180 valence electrons. The van der Waals surface area contributed by atoms with Crippen LogP contribution in [-0.2, 0) is 11.3 Å². The zero-order valence-electron chi connectivity index (χ0n) is 20.1. The van der Waals surface area contributed by atoms with Crippen molar-refractivity contribution >= 4 is 39.1 Å². The minimum atomic E-state index is -1.11. The molecule has 0 radical (unpaired) electrons. The number of thiophene rings is 1. The molecule has 0 saturated heterocycles. The van der Waals surface area contributed by atoms with Crippen molar-refractivity contribution in [1.29, 1.82) is 0 Å². The van der Waals surface area contributed by atoms with Crippen molar-refractivity contribution in [1.82, 2.24) is 9.88 Å². The van der Waals surface area contributed by atoms with Crippen molar-refractivity contribution in [3.8, 4) is 11.5 Å². The molecule has 1 atom stereocenters. The molecule has 2 aromatic heterocycles. The summed E-state index contributed by atoms with van der Waals surface area (Å²) in [4.78, 5) is 29.5. The summed E-state index contributed by atoms with van der Waals surface area (Å²) in [6.07, 6.45) is 4.15. The number of rotatable bonds is 5. The van der Waals surface area contributed by atoms with E-state index < -0.39 is 5.54 Å². The van der Waals surface area contributed by atoms with Crippen LogP contribution in [0.4, 0.5) is 5.69 Å². The van der Waals surface area contributed by atoms with Gasteiger partial charge in [-0.2, -0.15) is 0 Å². The van der Waals surface area contributed by atoms with Crippen LogP contribution in [0.1, 0.15) is 50.0 Å². The van der Waals surface area contributed by atoms with Crippen LogP contribution in [0.5, 0.6) is 11.5 Å². The molecule has 7 nitrogen and oxygen atoms in total. The standard InChI is InChI=1S/C26H31N3O4S/c1-16-5-7-17(8-6-16)27-25(31)26(2)15-28-19-11-12-34-23(19)14-20(28)24(30)29(26)18-9-10-21(32-3)22(13-18)33-4/h9-14,16-17H,5-8,15H2,1-4H3,(H,27,31). The Balaban J connectivity index is 1.58. The Morgan fingerprint density at radius 1 is 1.09 bits per heavy atom. The Hall–Kier alpha value is -3.00. The minimum absolute atomic E-state index is 0.127. The number of benzene rings is 1. The van der Waals surface area contributed by atoms with E-state index in [1.807, 2.05) is 35.1 Å². The van der Waals surface area contributed by atoms with Crippen molar-refractivity contribution in [2.45, 2.75) is 57.7 Å². The van der Waals surface area contributed by atoms with E-state index in [1.54, 1.807) is 42.6 Å². The first-order chi connectivity index (χ1) is 16.4. The zero-order chi connectivity index (χ0) is 24.0. The maximum atomic E-state index is 14.0. The van der Waals surface area contributed by atoms with Crippen LogP contribution in [0.3, 0.4) is 0 Å². The highest BCUT2D eigenvalue weighted by atomic mass is 32.1. The molecule has 3 heterocycles. The second kappa shape index (κ2) is 8.65. The molecule has 1 unspecified atom stereocenters. The van der Waals surface area contributed by atoms with Crippen LogP contribution in [0.25, 0.3) is 10.2 Å². The predicted molar refractivity (Wildman–Crippen MR) is 134 cm³/mol. The number of hydrogen-bond donors (Lipinski definition) is 1. The molecular weight excluding hydrogens is 450 g/mol. The Bertz CT molecular complexity index is 1240. The van der Waals surface area contributed by atoms with Crippen molar-refractivity contribution in [3.63, 3.8) is 0 Å².